The lowest BCUT2D eigenvalue weighted by molar-refractivity contribution is 1.04. The van der Waals surface area contributed by atoms with Crippen LogP contribution in [0.25, 0.3) is 5.69 Å². The second-order valence-corrected chi connectivity index (χ2v) is 3.85. The van der Waals surface area contributed by atoms with Crippen molar-refractivity contribution in [3.63, 3.8) is 0 Å². The number of halogens is 2. The molecular weight excluding hydrogens is 265 g/mol. The molecule has 2 aromatic heterocycles. The van der Waals surface area contributed by atoms with Crippen LogP contribution in [0.2, 0.25) is 0 Å². The van der Waals surface area contributed by atoms with Crippen LogP contribution in [0, 0.1) is 0 Å². The molecule has 2 aromatic rings. The summed E-state index contributed by atoms with van der Waals surface area (Å²) in [7, 11) is 0. The van der Waals surface area contributed by atoms with Gasteiger partial charge in [0.1, 0.15) is 0 Å². The van der Waals surface area contributed by atoms with Gasteiger partial charge in [-0.15, -0.1) is 11.6 Å². The summed E-state index contributed by atoms with van der Waals surface area (Å²) in [5.74, 6) is 0.426. The van der Waals surface area contributed by atoms with E-state index in [1.54, 1.807) is 18.7 Å². The van der Waals surface area contributed by atoms with Gasteiger partial charge in [0.2, 0.25) is 0 Å². The Labute approximate surface area is 94.9 Å². The van der Waals surface area contributed by atoms with Gasteiger partial charge < -0.3 is 4.57 Å². The van der Waals surface area contributed by atoms with Crippen LogP contribution in [0.1, 0.15) is 5.69 Å². The average molecular weight is 273 g/mol. The molecule has 0 unspecified atom stereocenters. The number of aromatic nitrogens is 3. The third-order valence-corrected chi connectivity index (χ3v) is 2.69. The zero-order valence-electron chi connectivity index (χ0n) is 7.19. The first-order valence-electron chi connectivity index (χ1n) is 4.00. The van der Waals surface area contributed by atoms with Crippen molar-refractivity contribution in [2.24, 2.45) is 0 Å². The second kappa shape index (κ2) is 4.11. The van der Waals surface area contributed by atoms with Crippen molar-refractivity contribution in [1.82, 2.24) is 14.5 Å². The summed E-state index contributed by atoms with van der Waals surface area (Å²) in [5, 5.41) is 0. The Bertz CT molecular complexity index is 441. The first-order chi connectivity index (χ1) is 6.81. The Balaban J connectivity index is 2.44. The van der Waals surface area contributed by atoms with Crippen LogP contribution in [0.4, 0.5) is 0 Å². The number of hydrogen-bond donors (Lipinski definition) is 0. The van der Waals surface area contributed by atoms with Crippen molar-refractivity contribution in [1.29, 1.82) is 0 Å². The summed E-state index contributed by atoms with van der Waals surface area (Å²) in [6.45, 7) is 0. The molecule has 72 valence electrons. The van der Waals surface area contributed by atoms with Gasteiger partial charge in [-0.3, -0.25) is 4.98 Å². The lowest BCUT2D eigenvalue weighted by atomic mass is 10.4. The molecule has 0 spiro atoms. The van der Waals surface area contributed by atoms with E-state index in [1.807, 2.05) is 16.8 Å². The predicted molar refractivity (Wildman–Crippen MR) is 58.6 cm³/mol. The summed E-state index contributed by atoms with van der Waals surface area (Å²) in [4.78, 5) is 8.13. The van der Waals surface area contributed by atoms with Crippen molar-refractivity contribution in [3.05, 3.63) is 41.2 Å². The Morgan fingerprint density at radius 1 is 1.50 bits per heavy atom. The summed E-state index contributed by atoms with van der Waals surface area (Å²) in [6.07, 6.45) is 7.11. The zero-order valence-corrected chi connectivity index (χ0v) is 9.53. The van der Waals surface area contributed by atoms with Crippen molar-refractivity contribution in [3.8, 4) is 5.69 Å². The first-order valence-corrected chi connectivity index (χ1v) is 5.32. The minimum absolute atomic E-state index is 0.426. The standard InChI is InChI=1S/C9H7BrClN3/c10-8-4-12-2-1-9(8)14-5-7(3-11)13-6-14/h1-2,4-6H,3H2. The van der Waals surface area contributed by atoms with Crippen LogP contribution in [0.3, 0.4) is 0 Å². The minimum Gasteiger partial charge on any atom is -0.305 e. The molecule has 0 aliphatic rings. The van der Waals surface area contributed by atoms with E-state index in [2.05, 4.69) is 25.9 Å². The lowest BCUT2D eigenvalue weighted by Crippen LogP contribution is -1.91. The molecule has 3 nitrogen and oxygen atoms in total. The maximum absolute atomic E-state index is 5.67. The van der Waals surface area contributed by atoms with Crippen LogP contribution >= 0.6 is 27.5 Å². The van der Waals surface area contributed by atoms with E-state index in [1.165, 1.54) is 0 Å². The normalized spacial score (nSPS) is 10.4. The quantitative estimate of drug-likeness (QED) is 0.787. The Morgan fingerprint density at radius 2 is 2.36 bits per heavy atom. The highest BCUT2D eigenvalue weighted by Crippen LogP contribution is 2.19. The van der Waals surface area contributed by atoms with E-state index >= 15 is 0 Å². The van der Waals surface area contributed by atoms with Gasteiger partial charge in [0.05, 0.1) is 28.1 Å². The van der Waals surface area contributed by atoms with E-state index in [0.29, 0.717) is 5.88 Å². The van der Waals surface area contributed by atoms with Gasteiger partial charge in [0.15, 0.2) is 0 Å². The third-order valence-electron chi connectivity index (χ3n) is 1.80. The maximum atomic E-state index is 5.67. The molecule has 0 aliphatic heterocycles. The highest BCUT2D eigenvalue weighted by molar-refractivity contribution is 9.10. The molecule has 0 atom stereocenters. The third kappa shape index (κ3) is 1.81. The van der Waals surface area contributed by atoms with Crippen molar-refractivity contribution in [2.45, 2.75) is 5.88 Å². The first kappa shape index (κ1) is 9.68. The molecule has 5 heteroatoms. The number of alkyl halides is 1. The van der Waals surface area contributed by atoms with Crippen LogP contribution in [0.15, 0.2) is 35.5 Å². The van der Waals surface area contributed by atoms with Crippen molar-refractivity contribution >= 4 is 27.5 Å². The molecule has 0 saturated heterocycles. The zero-order chi connectivity index (χ0) is 9.97. The fraction of sp³-hybridized carbons (Fsp3) is 0.111. The molecule has 0 fully saturated rings. The Kier molecular flexibility index (Phi) is 2.84. The number of hydrogen-bond acceptors (Lipinski definition) is 2. The Morgan fingerprint density at radius 3 is 3.00 bits per heavy atom. The lowest BCUT2D eigenvalue weighted by Gasteiger charge is -2.02. The maximum Gasteiger partial charge on any atom is 0.0996 e. The molecule has 0 aliphatic carbocycles. The predicted octanol–water partition coefficient (Wildman–Crippen LogP) is 2.77. The molecule has 2 heterocycles. The minimum atomic E-state index is 0.426. The van der Waals surface area contributed by atoms with E-state index in [9.17, 15) is 0 Å². The van der Waals surface area contributed by atoms with Crippen LogP contribution < -0.4 is 0 Å². The summed E-state index contributed by atoms with van der Waals surface area (Å²) in [5.41, 5.74) is 1.86. The molecule has 0 bridgehead atoms. The monoisotopic (exact) mass is 271 g/mol. The number of imidazole rings is 1. The van der Waals surface area contributed by atoms with E-state index in [-0.39, 0.29) is 0 Å². The van der Waals surface area contributed by atoms with Crippen LogP contribution in [0.5, 0.6) is 0 Å². The molecule has 0 amide bonds. The van der Waals surface area contributed by atoms with Crippen LogP contribution in [-0.4, -0.2) is 14.5 Å². The molecule has 0 radical (unpaired) electrons. The van der Waals surface area contributed by atoms with Crippen molar-refractivity contribution in [2.75, 3.05) is 0 Å². The van der Waals surface area contributed by atoms with Crippen molar-refractivity contribution < 1.29 is 0 Å². The fourth-order valence-electron chi connectivity index (χ4n) is 1.14. The van der Waals surface area contributed by atoms with Crippen LogP contribution in [-0.2, 0) is 5.88 Å². The van der Waals surface area contributed by atoms with Gasteiger partial charge in [0.25, 0.3) is 0 Å². The summed E-state index contributed by atoms with van der Waals surface area (Å²) >= 11 is 9.09. The average Bonchev–Trinajstić information content (AvgIpc) is 2.67. The number of pyridine rings is 1. The topological polar surface area (TPSA) is 30.7 Å². The van der Waals surface area contributed by atoms with Gasteiger partial charge in [-0.05, 0) is 22.0 Å². The number of rotatable bonds is 2. The molecular formula is C9H7BrClN3. The summed E-state index contributed by atoms with van der Waals surface area (Å²) in [6, 6.07) is 1.91. The fourth-order valence-corrected chi connectivity index (χ4v) is 1.73. The largest absolute Gasteiger partial charge is 0.305 e. The molecule has 0 N–H and O–H groups in total. The number of nitrogens with zero attached hydrogens (tertiary/aromatic N) is 3. The molecule has 0 saturated carbocycles. The molecule has 14 heavy (non-hydrogen) atoms. The van der Waals surface area contributed by atoms with Gasteiger partial charge in [-0.25, -0.2) is 4.98 Å². The van der Waals surface area contributed by atoms with E-state index in [0.717, 1.165) is 15.9 Å². The smallest absolute Gasteiger partial charge is 0.0996 e. The van der Waals surface area contributed by atoms with Gasteiger partial charge in [0, 0.05) is 18.6 Å². The molecule has 2 rings (SSSR count). The highest BCUT2D eigenvalue weighted by Gasteiger charge is 2.02. The van der Waals surface area contributed by atoms with E-state index < -0.39 is 0 Å². The van der Waals surface area contributed by atoms with Gasteiger partial charge in [-0.2, -0.15) is 0 Å². The SMILES string of the molecule is ClCc1cn(-c2ccncc2Br)cn1. The second-order valence-electron chi connectivity index (χ2n) is 2.73. The summed E-state index contributed by atoms with van der Waals surface area (Å²) < 4.78 is 2.84. The van der Waals surface area contributed by atoms with E-state index in [4.69, 9.17) is 11.6 Å². The van der Waals surface area contributed by atoms with Gasteiger partial charge in [-0.1, -0.05) is 0 Å². The van der Waals surface area contributed by atoms with Gasteiger partial charge >= 0.3 is 0 Å². The highest BCUT2D eigenvalue weighted by atomic mass is 79.9. The molecule has 0 aromatic carbocycles. The Hall–Kier alpha value is -0.870.